The monoisotopic (exact) mass is 974 g/mol. The molecule has 20 N–H and O–H groups in total. The first kappa shape index (κ1) is 61.3. The summed E-state index contributed by atoms with van der Waals surface area (Å²) in [6, 6.07) is -11.9. The Hall–Kier alpha value is -6.68. The quantitative estimate of drug-likeness (QED) is 0.0169. The fourth-order valence-corrected chi connectivity index (χ4v) is 5.96. The summed E-state index contributed by atoms with van der Waals surface area (Å²) >= 11 is 0. The molecule has 0 saturated carbocycles. The number of nitrogens with zero attached hydrogens (tertiary/aromatic N) is 1. The van der Waals surface area contributed by atoms with Gasteiger partial charge in [0, 0.05) is 19.4 Å². The van der Waals surface area contributed by atoms with Crippen molar-refractivity contribution in [2.24, 2.45) is 39.8 Å². The minimum Gasteiger partial charge on any atom is -0.481 e. The number of carbonyl (C=O) groups excluding carboxylic acids is 9. The van der Waals surface area contributed by atoms with Gasteiger partial charge in [0.05, 0.1) is 24.8 Å². The maximum Gasteiger partial charge on any atom is 0.326 e. The summed E-state index contributed by atoms with van der Waals surface area (Å²) in [5.41, 5.74) is 21.3. The highest BCUT2D eigenvalue weighted by Gasteiger charge is 2.37. The molecular weight excluding hydrogens is 903 g/mol. The third-order valence-corrected chi connectivity index (χ3v) is 10.2. The molecule has 28 heteroatoms. The van der Waals surface area contributed by atoms with Crippen molar-refractivity contribution in [3.63, 3.8) is 0 Å². The van der Waals surface area contributed by atoms with Gasteiger partial charge in [0.25, 0.3) is 0 Å². The molecule has 0 rings (SSSR count). The lowest BCUT2D eigenvalue weighted by atomic mass is 9.95. The van der Waals surface area contributed by atoms with Crippen molar-refractivity contribution in [1.82, 2.24) is 42.5 Å². The molecule has 28 nitrogen and oxygen atoms in total. The van der Waals surface area contributed by atoms with E-state index in [0.717, 1.165) is 13.8 Å². The highest BCUT2D eigenvalue weighted by atomic mass is 16.4. The Kier molecular flexibility index (Phi) is 27.6. The Balaban J connectivity index is 6.09. The number of rotatable bonds is 32. The van der Waals surface area contributed by atoms with Gasteiger partial charge in [-0.2, -0.15) is 0 Å². The highest BCUT2D eigenvalue weighted by molar-refractivity contribution is 5.98. The van der Waals surface area contributed by atoms with Crippen LogP contribution in [0.2, 0.25) is 0 Å². The molecule has 9 amide bonds. The smallest absolute Gasteiger partial charge is 0.326 e. The maximum absolute atomic E-state index is 13.8. The third-order valence-electron chi connectivity index (χ3n) is 10.2. The largest absolute Gasteiger partial charge is 0.481 e. The van der Waals surface area contributed by atoms with Gasteiger partial charge in [0.2, 0.25) is 53.2 Å². The van der Waals surface area contributed by atoms with Crippen molar-refractivity contribution in [1.29, 1.82) is 0 Å². The summed E-state index contributed by atoms with van der Waals surface area (Å²) in [5, 5.41) is 58.3. The number of primary amides is 1. The Morgan fingerprint density at radius 3 is 1.56 bits per heavy atom. The molecule has 11 atom stereocenters. The van der Waals surface area contributed by atoms with Gasteiger partial charge in [-0.05, 0) is 58.3 Å². The van der Waals surface area contributed by atoms with Crippen LogP contribution in [-0.4, -0.2) is 165 Å². The molecule has 386 valence electrons. The number of carbonyl (C=O) groups is 11. The second kappa shape index (κ2) is 30.6. The predicted octanol–water partition coefficient (Wildman–Crippen LogP) is -6.42. The lowest BCUT2D eigenvalue weighted by molar-refractivity contribution is -0.142. The van der Waals surface area contributed by atoms with Gasteiger partial charge < -0.3 is 85.9 Å². The van der Waals surface area contributed by atoms with Crippen molar-refractivity contribution in [2.75, 3.05) is 13.1 Å². The molecule has 68 heavy (non-hydrogen) atoms. The van der Waals surface area contributed by atoms with Crippen LogP contribution in [0.5, 0.6) is 0 Å². The number of nitrogens with two attached hydrogens (primary N) is 4. The number of carboxylic acid groups (broad SMARTS) is 2. The number of carboxylic acids is 2. The number of aliphatic imine (C=N–C) groups is 1. The van der Waals surface area contributed by atoms with E-state index in [-0.39, 0.29) is 44.6 Å². The zero-order chi connectivity index (χ0) is 52.6. The zero-order valence-electron chi connectivity index (χ0n) is 39.3. The van der Waals surface area contributed by atoms with E-state index < -0.39 is 157 Å². The molecule has 0 aliphatic carbocycles. The number of aliphatic hydroxyl groups is 2. The summed E-state index contributed by atoms with van der Waals surface area (Å²) in [6.45, 7) is 9.12. The molecule has 0 aromatic heterocycles. The second-order valence-corrected chi connectivity index (χ2v) is 16.5. The summed E-state index contributed by atoms with van der Waals surface area (Å²) in [7, 11) is 0. The molecule has 0 aliphatic heterocycles. The first-order valence-electron chi connectivity index (χ1n) is 21.8. The molecular formula is C40H71N13O15. The molecule has 0 spiro atoms. The van der Waals surface area contributed by atoms with Crippen LogP contribution in [0.25, 0.3) is 0 Å². The molecule has 0 unspecified atom stereocenters. The zero-order valence-corrected chi connectivity index (χ0v) is 39.3. The molecule has 0 bridgehead atoms. The van der Waals surface area contributed by atoms with Crippen molar-refractivity contribution < 1.29 is 73.2 Å². The second-order valence-electron chi connectivity index (χ2n) is 16.5. The lowest BCUT2D eigenvalue weighted by Gasteiger charge is -2.31. The maximum atomic E-state index is 13.8. The Labute approximate surface area is 393 Å². The van der Waals surface area contributed by atoms with Gasteiger partial charge in [-0.3, -0.25) is 52.9 Å². The van der Waals surface area contributed by atoms with Gasteiger partial charge in [-0.25, -0.2) is 4.79 Å². The van der Waals surface area contributed by atoms with E-state index >= 15 is 0 Å². The molecule has 0 heterocycles. The van der Waals surface area contributed by atoms with Crippen LogP contribution in [0.1, 0.15) is 93.4 Å². The van der Waals surface area contributed by atoms with Crippen molar-refractivity contribution in [3.05, 3.63) is 0 Å². The molecule has 0 aliphatic rings. The Morgan fingerprint density at radius 1 is 0.559 bits per heavy atom. The number of hydrogen-bond donors (Lipinski definition) is 16. The summed E-state index contributed by atoms with van der Waals surface area (Å²) in [5.74, 6) is -12.8. The van der Waals surface area contributed by atoms with Crippen LogP contribution in [0.3, 0.4) is 0 Å². The van der Waals surface area contributed by atoms with Crippen LogP contribution in [0.4, 0.5) is 0 Å². The van der Waals surface area contributed by atoms with E-state index in [2.05, 4.69) is 47.5 Å². The van der Waals surface area contributed by atoms with Crippen molar-refractivity contribution in [2.45, 2.75) is 154 Å². The Bertz CT molecular complexity index is 1810. The SMILES string of the molecule is CC[C@H](C)[C@H](NC(=O)[C@@H](NC(=O)[C@H](CCC(=O)O)NC(=O)[C@H](C)NC(=O)[C@@H](N)CCC(N)=O)C(C)C)C(=O)N[C@H](C(=O)N[C@H](C(=O)NCC(=O)N[C@@H](CCCN=C(N)N)C(=O)O)[C@@H](C)O)[C@@H](C)O. The average molecular weight is 974 g/mol. The number of hydrogen-bond acceptors (Lipinski definition) is 15. The van der Waals surface area contributed by atoms with Gasteiger partial charge in [-0.1, -0.05) is 34.1 Å². The number of nitrogens with one attached hydrogen (secondary N) is 8. The minimum atomic E-state index is -1.81. The van der Waals surface area contributed by atoms with E-state index in [1.807, 2.05) is 0 Å². The van der Waals surface area contributed by atoms with Crippen LogP contribution >= 0.6 is 0 Å². The molecule has 0 aromatic carbocycles. The number of guanidine groups is 1. The van der Waals surface area contributed by atoms with Crippen LogP contribution in [0, 0.1) is 11.8 Å². The van der Waals surface area contributed by atoms with Crippen LogP contribution in [0.15, 0.2) is 4.99 Å². The summed E-state index contributed by atoms with van der Waals surface area (Å²) in [4.78, 5) is 144. The number of amides is 9. The van der Waals surface area contributed by atoms with Crippen molar-refractivity contribution in [3.8, 4) is 0 Å². The molecule has 0 saturated heterocycles. The molecule has 0 radical (unpaired) electrons. The summed E-state index contributed by atoms with van der Waals surface area (Å²) in [6.07, 6.45) is -4.26. The molecule has 0 fully saturated rings. The van der Waals surface area contributed by atoms with Crippen LogP contribution in [-0.2, 0) is 52.7 Å². The highest BCUT2D eigenvalue weighted by Crippen LogP contribution is 2.13. The topological polar surface area (TPSA) is 481 Å². The van der Waals surface area contributed by atoms with E-state index in [4.69, 9.17) is 22.9 Å². The Morgan fingerprint density at radius 2 is 1.07 bits per heavy atom. The van der Waals surface area contributed by atoms with Crippen molar-refractivity contribution >= 4 is 71.1 Å². The van der Waals surface area contributed by atoms with E-state index in [9.17, 15) is 73.2 Å². The summed E-state index contributed by atoms with van der Waals surface area (Å²) < 4.78 is 0. The predicted molar refractivity (Wildman–Crippen MR) is 241 cm³/mol. The molecule has 0 aromatic rings. The fourth-order valence-electron chi connectivity index (χ4n) is 5.96. The first-order chi connectivity index (χ1) is 31.5. The number of aliphatic hydroxyl groups excluding tert-OH is 2. The average Bonchev–Trinajstić information content (AvgIpc) is 3.24. The van der Waals surface area contributed by atoms with Gasteiger partial charge in [0.1, 0.15) is 42.3 Å². The standard InChI is InChI=1S/C40H71N13O15/c1-8-18(4)29(51-36(64)28(17(2)3)50-34(62)23(12-14-27(58)59)49-32(60)19(5)47-33(61)22(41)11-13-25(42)56)37(65)53-31(21(7)55)38(66)52-30(20(6)54)35(63)46-16-26(57)48-24(39(67)68)10-9-15-45-40(43)44/h17-24,28-31,54-55H,8-16,41H2,1-7H3,(H2,42,56)(H,46,63)(H,47,61)(H,48,57)(H,49,60)(H,50,62)(H,51,64)(H,52,66)(H,53,65)(H,58,59)(H,67,68)(H4,43,44,45)/t18-,19-,20+,21+,22-,23-,24-,28-,29-,30-,31-/m0/s1. The van der Waals surface area contributed by atoms with Gasteiger partial charge >= 0.3 is 11.9 Å². The van der Waals surface area contributed by atoms with E-state index in [0.29, 0.717) is 0 Å². The van der Waals surface area contributed by atoms with Gasteiger partial charge in [0.15, 0.2) is 5.96 Å². The van der Waals surface area contributed by atoms with Gasteiger partial charge in [-0.15, -0.1) is 0 Å². The van der Waals surface area contributed by atoms with E-state index in [1.165, 1.54) is 20.8 Å². The van der Waals surface area contributed by atoms with Crippen LogP contribution < -0.4 is 65.5 Å². The fraction of sp³-hybridized carbons (Fsp3) is 0.700. The minimum absolute atomic E-state index is 0.0661. The number of aliphatic carboxylic acids is 2. The van der Waals surface area contributed by atoms with E-state index in [1.54, 1.807) is 13.8 Å². The first-order valence-corrected chi connectivity index (χ1v) is 21.8. The normalized spacial score (nSPS) is 15.9. The lowest BCUT2D eigenvalue weighted by Crippen LogP contribution is -2.63. The third kappa shape index (κ3) is 23.2.